The van der Waals surface area contributed by atoms with Gasteiger partial charge in [-0.2, -0.15) is 8.42 Å². The molecule has 4 aromatic rings. The maximum Gasteiger partial charge on any atom is 0.488 e. The molecule has 0 spiro atoms. The molecule has 2 N–H and O–H groups in total. The molecule has 0 amide bonds. The smallest absolute Gasteiger partial charge is 0.423 e. The summed E-state index contributed by atoms with van der Waals surface area (Å²) in [6, 6.07) is 25.6. The Morgan fingerprint density at radius 2 is 1.25 bits per heavy atom. The lowest BCUT2D eigenvalue weighted by Crippen LogP contribution is -2.29. The number of pyridine rings is 2. The highest BCUT2D eigenvalue weighted by Crippen LogP contribution is 2.16. The number of halogens is 1. The fourth-order valence-electron chi connectivity index (χ4n) is 2.30. The van der Waals surface area contributed by atoms with E-state index in [1.807, 2.05) is 36.5 Å². The lowest BCUT2D eigenvalue weighted by molar-refractivity contribution is 0.425. The van der Waals surface area contributed by atoms with Crippen molar-refractivity contribution in [3.63, 3.8) is 0 Å². The van der Waals surface area contributed by atoms with Crippen molar-refractivity contribution < 1.29 is 26.5 Å². The van der Waals surface area contributed by atoms with Gasteiger partial charge in [0.05, 0.1) is 6.20 Å². The van der Waals surface area contributed by atoms with E-state index in [0.29, 0.717) is 5.46 Å². The van der Waals surface area contributed by atoms with Gasteiger partial charge in [0.15, 0.2) is 5.75 Å². The number of hydrogen-bond acceptors (Lipinski definition) is 7. The van der Waals surface area contributed by atoms with Crippen LogP contribution in [0.25, 0.3) is 11.1 Å². The van der Waals surface area contributed by atoms with Crippen molar-refractivity contribution in [2.45, 2.75) is 0 Å². The molecule has 0 unspecified atom stereocenters. The van der Waals surface area contributed by atoms with Crippen LogP contribution in [0, 0.1) is 0 Å². The van der Waals surface area contributed by atoms with Crippen LogP contribution in [-0.2, 0) is 10.5 Å². The van der Waals surface area contributed by atoms with E-state index in [2.05, 4.69) is 32.4 Å². The highest BCUT2D eigenvalue weighted by molar-refractivity contribution is 7.81. The maximum absolute atomic E-state index is 11.8. The minimum absolute atomic E-state index is 0.144. The van der Waals surface area contributed by atoms with Crippen LogP contribution in [0.3, 0.4) is 0 Å². The first-order chi connectivity index (χ1) is 15.3. The zero-order valence-electron chi connectivity index (χ0n) is 16.8. The molecular formula is C22H20BFN2O5S. The number of hydrogen-bond donors (Lipinski definition) is 2. The molecule has 4 rings (SSSR count). The second kappa shape index (κ2) is 13.0. The molecule has 0 atom stereocenters. The van der Waals surface area contributed by atoms with E-state index < -0.39 is 17.6 Å². The van der Waals surface area contributed by atoms with E-state index in [4.69, 9.17) is 10.0 Å². The van der Waals surface area contributed by atoms with Crippen LogP contribution >= 0.6 is 0 Å². The van der Waals surface area contributed by atoms with Gasteiger partial charge >= 0.3 is 17.6 Å². The van der Waals surface area contributed by atoms with Gasteiger partial charge in [-0.15, -0.1) is 0 Å². The average Bonchev–Trinajstić information content (AvgIpc) is 2.81. The Hall–Kier alpha value is -3.60. The molecule has 2 heterocycles. The normalized spacial score (nSPS) is 9.97. The first-order valence-corrected chi connectivity index (χ1v) is 10.6. The summed E-state index contributed by atoms with van der Waals surface area (Å²) in [5.74, 6) is -0.144. The molecule has 0 saturated heterocycles. The van der Waals surface area contributed by atoms with E-state index in [0.717, 1.165) is 11.8 Å². The van der Waals surface area contributed by atoms with Gasteiger partial charge in [0.1, 0.15) is 0 Å². The topological polar surface area (TPSA) is 110 Å². The lowest BCUT2D eigenvalue weighted by Gasteiger charge is -1.97. The minimum Gasteiger partial charge on any atom is -0.423 e. The summed E-state index contributed by atoms with van der Waals surface area (Å²) in [5, 5.41) is 17.2. The van der Waals surface area contributed by atoms with Crippen molar-refractivity contribution in [2.24, 2.45) is 0 Å². The predicted octanol–water partition coefficient (Wildman–Crippen LogP) is 2.79. The fraction of sp³-hybridized carbons (Fsp3) is 0. The molecule has 2 aromatic carbocycles. The molecule has 0 saturated carbocycles. The Morgan fingerprint density at radius 1 is 0.719 bits per heavy atom. The molecule has 0 aliphatic rings. The van der Waals surface area contributed by atoms with E-state index in [1.165, 1.54) is 23.9 Å². The van der Waals surface area contributed by atoms with E-state index >= 15 is 0 Å². The van der Waals surface area contributed by atoms with Crippen molar-refractivity contribution in [1.82, 2.24) is 9.97 Å². The number of nitrogens with zero attached hydrogens (tertiary/aromatic N) is 2. The van der Waals surface area contributed by atoms with Crippen molar-refractivity contribution >= 4 is 23.1 Å². The highest BCUT2D eigenvalue weighted by Gasteiger charge is 2.08. The fourth-order valence-corrected chi connectivity index (χ4v) is 2.63. The second-order valence-corrected chi connectivity index (χ2v) is 7.01. The van der Waals surface area contributed by atoms with Gasteiger partial charge in [-0.1, -0.05) is 70.6 Å². The SMILES string of the molecule is O=S(=O)(F)Oc1cccnc1.OB(O)c1ccccc1.c1ccc(-c2cccnc2)cc1. The molecule has 32 heavy (non-hydrogen) atoms. The molecule has 0 aliphatic carbocycles. The Bertz CT molecular complexity index is 1100. The van der Waals surface area contributed by atoms with Crippen LogP contribution in [0.2, 0.25) is 0 Å². The summed E-state index contributed by atoms with van der Waals surface area (Å²) in [6.45, 7) is 0. The third-order valence-electron chi connectivity index (χ3n) is 3.70. The van der Waals surface area contributed by atoms with E-state index in [1.54, 1.807) is 30.5 Å². The maximum atomic E-state index is 11.8. The quantitative estimate of drug-likeness (QED) is 0.361. The van der Waals surface area contributed by atoms with Crippen LogP contribution in [0.5, 0.6) is 5.75 Å². The molecule has 164 valence electrons. The van der Waals surface area contributed by atoms with Crippen LogP contribution in [0.15, 0.2) is 110 Å². The molecule has 0 aliphatic heterocycles. The van der Waals surface area contributed by atoms with Crippen molar-refractivity contribution in [1.29, 1.82) is 0 Å². The predicted molar refractivity (Wildman–Crippen MR) is 121 cm³/mol. The van der Waals surface area contributed by atoms with Gasteiger partial charge in [0, 0.05) is 18.6 Å². The molecule has 0 fully saturated rings. The molecule has 2 aromatic heterocycles. The first kappa shape index (κ1) is 24.7. The number of benzene rings is 2. The summed E-state index contributed by atoms with van der Waals surface area (Å²) in [4.78, 5) is 7.57. The second-order valence-electron chi connectivity index (χ2n) is 6.06. The lowest BCUT2D eigenvalue weighted by atomic mass is 9.81. The van der Waals surface area contributed by atoms with E-state index in [9.17, 15) is 12.3 Å². The monoisotopic (exact) mass is 454 g/mol. The van der Waals surface area contributed by atoms with Crippen molar-refractivity contribution in [2.75, 3.05) is 0 Å². The van der Waals surface area contributed by atoms with Crippen molar-refractivity contribution in [3.05, 3.63) is 110 Å². The van der Waals surface area contributed by atoms with Gasteiger partial charge in [-0.05, 0) is 34.8 Å². The summed E-state index contributed by atoms with van der Waals surface area (Å²) in [7, 11) is -6.26. The molecule has 0 bridgehead atoms. The Labute approximate surface area is 186 Å². The summed E-state index contributed by atoms with van der Waals surface area (Å²) in [5.41, 5.74) is 2.90. The number of rotatable bonds is 4. The third kappa shape index (κ3) is 9.94. The minimum atomic E-state index is -4.92. The molecule has 7 nitrogen and oxygen atoms in total. The van der Waals surface area contributed by atoms with Crippen LogP contribution in [0.4, 0.5) is 3.89 Å². The molecule has 0 radical (unpaired) electrons. The van der Waals surface area contributed by atoms with Crippen LogP contribution in [-0.4, -0.2) is 35.6 Å². The molecule has 10 heteroatoms. The van der Waals surface area contributed by atoms with Crippen molar-refractivity contribution in [3.8, 4) is 16.9 Å². The van der Waals surface area contributed by atoms with Crippen LogP contribution < -0.4 is 9.65 Å². The standard InChI is InChI=1S/C11H9N.C6H7BO2.C5H4FNO3S/c1-2-5-10(6-3-1)11-7-4-8-12-9-11;8-7(9)6-4-2-1-3-5-6;6-11(8,9)10-5-2-1-3-7-4-5/h1-9H;1-5,8-9H;1-4H. The Kier molecular flexibility index (Phi) is 9.99. The molecular weight excluding hydrogens is 434 g/mol. The van der Waals surface area contributed by atoms with Gasteiger partial charge in [-0.3, -0.25) is 9.97 Å². The summed E-state index contributed by atoms with van der Waals surface area (Å²) < 4.78 is 35.4. The largest absolute Gasteiger partial charge is 0.488 e. The van der Waals surface area contributed by atoms with Gasteiger partial charge in [0.2, 0.25) is 0 Å². The van der Waals surface area contributed by atoms with Crippen LogP contribution in [0.1, 0.15) is 0 Å². The zero-order chi connectivity index (χ0) is 23.2. The Balaban J connectivity index is 0.000000172. The van der Waals surface area contributed by atoms with E-state index in [-0.39, 0.29) is 5.75 Å². The van der Waals surface area contributed by atoms with Gasteiger partial charge < -0.3 is 14.2 Å². The summed E-state index contributed by atoms with van der Waals surface area (Å²) >= 11 is 0. The third-order valence-corrected chi connectivity index (χ3v) is 4.09. The highest BCUT2D eigenvalue weighted by atomic mass is 32.3. The van der Waals surface area contributed by atoms with Gasteiger partial charge in [-0.25, -0.2) is 0 Å². The average molecular weight is 454 g/mol. The zero-order valence-corrected chi connectivity index (χ0v) is 17.6. The Morgan fingerprint density at radius 3 is 1.69 bits per heavy atom. The number of aromatic nitrogens is 2. The first-order valence-electron chi connectivity index (χ1n) is 9.26. The van der Waals surface area contributed by atoms with Gasteiger partial charge in [0.25, 0.3) is 0 Å². The summed E-state index contributed by atoms with van der Waals surface area (Å²) in [6.07, 6.45) is 6.16.